The van der Waals surface area contributed by atoms with Crippen molar-refractivity contribution in [1.82, 2.24) is 10.6 Å². The number of ether oxygens (including phenoxy) is 2. The van der Waals surface area contributed by atoms with Crippen molar-refractivity contribution in [3.8, 4) is 0 Å². The number of unbranched alkanes of at least 4 members (excludes halogenated alkanes) is 1. The molecule has 0 saturated heterocycles. The lowest BCUT2D eigenvalue weighted by Crippen LogP contribution is -2.44. The second-order valence-electron chi connectivity index (χ2n) is 8.68. The number of benzene rings is 2. The van der Waals surface area contributed by atoms with E-state index in [2.05, 4.69) is 38.5 Å². The van der Waals surface area contributed by atoms with Gasteiger partial charge in [-0.15, -0.1) is 0 Å². The van der Waals surface area contributed by atoms with Crippen LogP contribution in [0.5, 0.6) is 0 Å². The van der Waals surface area contributed by atoms with Gasteiger partial charge in [0.05, 0.1) is 0 Å². The van der Waals surface area contributed by atoms with Crippen molar-refractivity contribution in [2.45, 2.75) is 58.3 Å². The van der Waals surface area contributed by atoms with Gasteiger partial charge in [-0.3, -0.25) is 4.79 Å². The van der Waals surface area contributed by atoms with E-state index < -0.39 is 23.8 Å². The summed E-state index contributed by atoms with van der Waals surface area (Å²) in [5.74, 6) is -0.335. The van der Waals surface area contributed by atoms with E-state index in [9.17, 15) is 14.4 Å². The van der Waals surface area contributed by atoms with E-state index in [1.54, 1.807) is 32.9 Å². The van der Waals surface area contributed by atoms with E-state index in [4.69, 9.17) is 9.47 Å². The monoisotopic (exact) mass is 581 g/mol. The van der Waals surface area contributed by atoms with Crippen LogP contribution in [-0.4, -0.2) is 36.3 Å². The van der Waals surface area contributed by atoms with Crippen LogP contribution < -0.4 is 16.0 Å². The van der Waals surface area contributed by atoms with Gasteiger partial charge >= 0.3 is 12.2 Å². The molecule has 2 aromatic rings. The standard InChI is InChI=1S/C25H32IN3O5/c1-25(2,3)34-23(31)27-16-8-7-11-21(22(30)28-20-14-12-19(26)13-15-20)29-24(32)33-17-18-9-5-4-6-10-18/h4-6,9-10,12-15,21H,7-8,11,16-17H2,1-3H3,(H,27,31)(H,28,30)(H,29,32)/t21-/m1/s1. The van der Waals surface area contributed by atoms with Gasteiger partial charge in [0.2, 0.25) is 5.91 Å². The topological polar surface area (TPSA) is 106 Å². The SMILES string of the molecule is CC(C)(C)OC(=O)NCCCC[C@@H](NC(=O)OCc1ccccc1)C(=O)Nc1ccc(I)cc1. The predicted molar refractivity (Wildman–Crippen MR) is 139 cm³/mol. The number of nitrogens with one attached hydrogen (secondary N) is 3. The zero-order chi connectivity index (χ0) is 25.0. The molecule has 0 aromatic heterocycles. The fourth-order valence-electron chi connectivity index (χ4n) is 2.92. The predicted octanol–water partition coefficient (Wildman–Crippen LogP) is 5.22. The molecule has 0 aliphatic rings. The van der Waals surface area contributed by atoms with Gasteiger partial charge in [-0.05, 0) is 92.5 Å². The lowest BCUT2D eigenvalue weighted by Gasteiger charge is -2.20. The van der Waals surface area contributed by atoms with Crippen LogP contribution in [0.25, 0.3) is 0 Å². The largest absolute Gasteiger partial charge is 0.445 e. The van der Waals surface area contributed by atoms with Gasteiger partial charge in [-0.25, -0.2) is 9.59 Å². The Kier molecular flexibility index (Phi) is 11.1. The molecule has 9 heteroatoms. The molecular formula is C25H32IN3O5. The first-order valence-corrected chi connectivity index (χ1v) is 12.2. The molecule has 3 amide bonds. The van der Waals surface area contributed by atoms with Gasteiger partial charge in [-0.2, -0.15) is 0 Å². The van der Waals surface area contributed by atoms with E-state index in [1.165, 1.54) is 0 Å². The zero-order valence-electron chi connectivity index (χ0n) is 19.7. The summed E-state index contributed by atoms with van der Waals surface area (Å²) < 4.78 is 11.5. The number of rotatable bonds is 10. The molecule has 2 aromatic carbocycles. The van der Waals surface area contributed by atoms with Crippen LogP contribution in [-0.2, 0) is 20.9 Å². The lowest BCUT2D eigenvalue weighted by molar-refractivity contribution is -0.118. The highest BCUT2D eigenvalue weighted by atomic mass is 127. The van der Waals surface area contributed by atoms with Crippen molar-refractivity contribution in [3.05, 3.63) is 63.7 Å². The number of amides is 3. The fourth-order valence-corrected chi connectivity index (χ4v) is 3.28. The third kappa shape index (κ3) is 11.4. The van der Waals surface area contributed by atoms with Gasteiger partial charge in [0.15, 0.2) is 0 Å². The molecule has 184 valence electrons. The first-order valence-electron chi connectivity index (χ1n) is 11.1. The van der Waals surface area contributed by atoms with Crippen LogP contribution in [0.15, 0.2) is 54.6 Å². The van der Waals surface area contributed by atoms with Crippen LogP contribution in [0.4, 0.5) is 15.3 Å². The number of halogens is 1. The minimum absolute atomic E-state index is 0.109. The maximum absolute atomic E-state index is 12.9. The maximum Gasteiger partial charge on any atom is 0.408 e. The molecule has 2 rings (SSSR count). The van der Waals surface area contributed by atoms with Crippen molar-refractivity contribution < 1.29 is 23.9 Å². The van der Waals surface area contributed by atoms with Crippen molar-refractivity contribution in [3.63, 3.8) is 0 Å². The molecule has 0 aliphatic carbocycles. The van der Waals surface area contributed by atoms with Gasteiger partial charge < -0.3 is 25.4 Å². The minimum atomic E-state index is -0.788. The van der Waals surface area contributed by atoms with E-state index >= 15 is 0 Å². The third-order valence-corrected chi connectivity index (χ3v) is 5.24. The number of hydrogen-bond acceptors (Lipinski definition) is 5. The Hall–Kier alpha value is -2.82. The van der Waals surface area contributed by atoms with Gasteiger partial charge in [0.1, 0.15) is 18.2 Å². The fraction of sp³-hybridized carbons (Fsp3) is 0.400. The highest BCUT2D eigenvalue weighted by Crippen LogP contribution is 2.13. The second-order valence-corrected chi connectivity index (χ2v) is 9.92. The molecule has 0 heterocycles. The van der Waals surface area contributed by atoms with Gasteiger partial charge in [0, 0.05) is 15.8 Å². The minimum Gasteiger partial charge on any atom is -0.445 e. The summed E-state index contributed by atoms with van der Waals surface area (Å²) in [6.07, 6.45) is 0.445. The summed E-state index contributed by atoms with van der Waals surface area (Å²) in [7, 11) is 0. The summed E-state index contributed by atoms with van der Waals surface area (Å²) in [6, 6.07) is 15.9. The molecule has 0 bridgehead atoms. The molecule has 0 radical (unpaired) electrons. The van der Waals surface area contributed by atoms with Crippen LogP contribution in [0, 0.1) is 3.57 Å². The van der Waals surface area contributed by atoms with Crippen molar-refractivity contribution in [2.24, 2.45) is 0 Å². The number of carbonyl (C=O) groups is 3. The van der Waals surface area contributed by atoms with Crippen molar-refractivity contribution in [2.75, 3.05) is 11.9 Å². The Bertz CT molecular complexity index is 930. The van der Waals surface area contributed by atoms with E-state index in [-0.39, 0.29) is 12.5 Å². The Labute approximate surface area is 214 Å². The first-order chi connectivity index (χ1) is 16.1. The summed E-state index contributed by atoms with van der Waals surface area (Å²) in [6.45, 7) is 5.90. The average molecular weight is 581 g/mol. The molecule has 8 nitrogen and oxygen atoms in total. The highest BCUT2D eigenvalue weighted by Gasteiger charge is 2.22. The second kappa shape index (κ2) is 13.8. The average Bonchev–Trinajstić information content (AvgIpc) is 2.77. The molecule has 34 heavy (non-hydrogen) atoms. The molecule has 0 aliphatic heterocycles. The van der Waals surface area contributed by atoms with Crippen molar-refractivity contribution >= 4 is 46.4 Å². The van der Waals surface area contributed by atoms with Crippen LogP contribution in [0.2, 0.25) is 0 Å². The van der Waals surface area contributed by atoms with Crippen LogP contribution in [0.3, 0.4) is 0 Å². The maximum atomic E-state index is 12.9. The molecule has 0 unspecified atom stereocenters. The number of alkyl carbamates (subject to hydrolysis) is 2. The Balaban J connectivity index is 1.87. The molecule has 3 N–H and O–H groups in total. The summed E-state index contributed by atoms with van der Waals surface area (Å²) >= 11 is 2.19. The van der Waals surface area contributed by atoms with Crippen molar-refractivity contribution in [1.29, 1.82) is 0 Å². The molecule has 0 saturated carbocycles. The summed E-state index contributed by atoms with van der Waals surface area (Å²) in [5.41, 5.74) is 0.930. The van der Waals surface area contributed by atoms with Crippen LogP contribution in [0.1, 0.15) is 45.6 Å². The van der Waals surface area contributed by atoms with E-state index in [0.717, 1.165) is 9.13 Å². The van der Waals surface area contributed by atoms with Gasteiger partial charge in [0.25, 0.3) is 0 Å². The normalized spacial score (nSPS) is 11.8. The molecule has 0 fully saturated rings. The molecule has 0 spiro atoms. The van der Waals surface area contributed by atoms with E-state index in [0.29, 0.717) is 31.5 Å². The van der Waals surface area contributed by atoms with Crippen LogP contribution >= 0.6 is 22.6 Å². The molecule has 1 atom stereocenters. The quantitative estimate of drug-likeness (QED) is 0.264. The Morgan fingerprint density at radius 2 is 1.62 bits per heavy atom. The molecular weight excluding hydrogens is 549 g/mol. The zero-order valence-corrected chi connectivity index (χ0v) is 21.9. The Morgan fingerprint density at radius 1 is 0.941 bits per heavy atom. The Morgan fingerprint density at radius 3 is 2.26 bits per heavy atom. The number of anilines is 1. The lowest BCUT2D eigenvalue weighted by atomic mass is 10.1. The van der Waals surface area contributed by atoms with Gasteiger partial charge in [-0.1, -0.05) is 30.3 Å². The smallest absolute Gasteiger partial charge is 0.408 e. The highest BCUT2D eigenvalue weighted by molar-refractivity contribution is 14.1. The summed E-state index contributed by atoms with van der Waals surface area (Å²) in [5, 5.41) is 8.19. The number of carbonyl (C=O) groups excluding carboxylic acids is 3. The first kappa shape index (κ1) is 27.4. The number of hydrogen-bond donors (Lipinski definition) is 3. The third-order valence-electron chi connectivity index (χ3n) is 4.52. The van der Waals surface area contributed by atoms with E-state index in [1.807, 2.05) is 42.5 Å². The summed E-state index contributed by atoms with van der Waals surface area (Å²) in [4.78, 5) is 37.0.